The second-order valence-electron chi connectivity index (χ2n) is 8.54. The molecule has 2 heterocycles. The number of ether oxygens (including phenoxy) is 1. The van der Waals surface area contributed by atoms with Crippen LogP contribution in [-0.4, -0.2) is 52.2 Å². The van der Waals surface area contributed by atoms with Gasteiger partial charge in [0.25, 0.3) is 5.56 Å². The lowest BCUT2D eigenvalue weighted by Gasteiger charge is -2.31. The minimum Gasteiger partial charge on any atom is -0.384 e. The van der Waals surface area contributed by atoms with E-state index in [0.29, 0.717) is 12.5 Å². The van der Waals surface area contributed by atoms with Gasteiger partial charge in [0.2, 0.25) is 0 Å². The predicted octanol–water partition coefficient (Wildman–Crippen LogP) is 1.10. The number of likely N-dealkylation sites (tertiary alicyclic amines) is 1. The van der Waals surface area contributed by atoms with Gasteiger partial charge in [-0.25, -0.2) is 4.79 Å². The van der Waals surface area contributed by atoms with Crippen LogP contribution in [0.4, 0.5) is 5.82 Å². The fourth-order valence-corrected chi connectivity index (χ4v) is 3.43. The van der Waals surface area contributed by atoms with Gasteiger partial charge in [0.1, 0.15) is 11.4 Å². The fourth-order valence-electron chi connectivity index (χ4n) is 3.43. The zero-order chi connectivity index (χ0) is 21.0. The molecule has 0 radical (unpaired) electrons. The zero-order valence-electron chi connectivity index (χ0n) is 17.7. The minimum absolute atomic E-state index is 0.0260. The van der Waals surface area contributed by atoms with E-state index in [1.54, 1.807) is 0 Å². The van der Waals surface area contributed by atoms with Crippen LogP contribution in [0.25, 0.3) is 0 Å². The number of nitrogen functional groups attached to an aromatic ring is 1. The van der Waals surface area contributed by atoms with Crippen LogP contribution in [0.3, 0.4) is 0 Å². The molecule has 0 amide bonds. The maximum absolute atomic E-state index is 12.9. The Morgan fingerprint density at radius 3 is 2.29 bits per heavy atom. The molecule has 1 aliphatic rings. The molecule has 1 aromatic heterocycles. The van der Waals surface area contributed by atoms with Crippen molar-refractivity contribution in [3.05, 3.63) is 26.4 Å². The van der Waals surface area contributed by atoms with E-state index in [1.165, 1.54) is 11.6 Å². The molecule has 0 saturated carbocycles. The highest BCUT2D eigenvalue weighted by molar-refractivity contribution is 6.01. The van der Waals surface area contributed by atoms with Crippen LogP contribution in [0.1, 0.15) is 50.9 Å². The van der Waals surface area contributed by atoms with Crippen LogP contribution in [0, 0.1) is 11.8 Å². The summed E-state index contributed by atoms with van der Waals surface area (Å²) in [6, 6.07) is 0. The van der Waals surface area contributed by atoms with E-state index in [9.17, 15) is 14.4 Å². The lowest BCUT2D eigenvalue weighted by atomic mass is 10.1. The normalized spacial score (nSPS) is 16.2. The summed E-state index contributed by atoms with van der Waals surface area (Å²) in [5, 5.41) is 0. The summed E-state index contributed by atoms with van der Waals surface area (Å²) in [6.45, 7) is 10.8. The van der Waals surface area contributed by atoms with E-state index >= 15 is 0 Å². The Bertz CT molecular complexity index is 802. The minimum atomic E-state index is -0.623. The first-order valence-corrected chi connectivity index (χ1v) is 10.1. The van der Waals surface area contributed by atoms with Gasteiger partial charge >= 0.3 is 5.69 Å². The smallest absolute Gasteiger partial charge is 0.332 e. The number of ketones is 1. The van der Waals surface area contributed by atoms with Gasteiger partial charge in [-0.15, -0.1) is 0 Å². The summed E-state index contributed by atoms with van der Waals surface area (Å²) in [4.78, 5) is 39.8. The first-order chi connectivity index (χ1) is 13.1. The maximum Gasteiger partial charge on any atom is 0.332 e. The van der Waals surface area contributed by atoms with Gasteiger partial charge in [0.05, 0.1) is 12.6 Å². The molecule has 0 atom stereocenters. The van der Waals surface area contributed by atoms with Crippen molar-refractivity contribution >= 4 is 11.6 Å². The highest BCUT2D eigenvalue weighted by Crippen LogP contribution is 2.16. The van der Waals surface area contributed by atoms with Crippen LogP contribution >= 0.6 is 0 Å². The standard InChI is InChI=1S/C20H34N4O4/c1-13(2)10-24-18(21)17(19(26)22(5)20(24)27)16(25)11-23-8-6-15(7-9-23)28-12-14(3)4/h13-15H,6-12,21H2,1-5H3. The van der Waals surface area contributed by atoms with Gasteiger partial charge in [0, 0.05) is 33.3 Å². The first kappa shape index (κ1) is 22.4. The molecule has 1 aliphatic heterocycles. The van der Waals surface area contributed by atoms with Crippen LogP contribution in [0.5, 0.6) is 0 Å². The third-order valence-corrected chi connectivity index (χ3v) is 4.98. The van der Waals surface area contributed by atoms with Crippen molar-refractivity contribution in [2.24, 2.45) is 18.9 Å². The molecule has 2 rings (SSSR count). The first-order valence-electron chi connectivity index (χ1n) is 10.1. The topological polar surface area (TPSA) is 99.6 Å². The monoisotopic (exact) mass is 394 g/mol. The molecule has 1 aromatic rings. The molecule has 0 unspecified atom stereocenters. The highest BCUT2D eigenvalue weighted by Gasteiger charge is 2.26. The van der Waals surface area contributed by atoms with Crippen molar-refractivity contribution in [2.75, 3.05) is 32.0 Å². The summed E-state index contributed by atoms with van der Waals surface area (Å²) in [5.41, 5.74) is 4.89. The number of hydrogen-bond donors (Lipinski definition) is 1. The average molecular weight is 395 g/mol. The Labute approximate surface area is 166 Å². The second kappa shape index (κ2) is 9.52. The molecule has 0 aliphatic carbocycles. The predicted molar refractivity (Wildman–Crippen MR) is 110 cm³/mol. The van der Waals surface area contributed by atoms with E-state index in [1.807, 2.05) is 18.7 Å². The van der Waals surface area contributed by atoms with Crippen molar-refractivity contribution in [3.63, 3.8) is 0 Å². The van der Waals surface area contributed by atoms with Gasteiger partial charge in [-0.3, -0.25) is 23.6 Å². The van der Waals surface area contributed by atoms with E-state index in [2.05, 4.69) is 13.8 Å². The van der Waals surface area contributed by atoms with Crippen molar-refractivity contribution in [1.82, 2.24) is 14.0 Å². The molecule has 8 heteroatoms. The number of anilines is 1. The summed E-state index contributed by atoms with van der Waals surface area (Å²) in [6.07, 6.45) is 1.94. The molecule has 1 fully saturated rings. The van der Waals surface area contributed by atoms with Crippen molar-refractivity contribution in [2.45, 2.75) is 53.2 Å². The third kappa shape index (κ3) is 5.32. The van der Waals surface area contributed by atoms with Gasteiger partial charge in [-0.2, -0.15) is 0 Å². The van der Waals surface area contributed by atoms with Gasteiger partial charge in [-0.05, 0) is 24.7 Å². The number of aromatic nitrogens is 2. The number of hydrogen-bond acceptors (Lipinski definition) is 6. The van der Waals surface area contributed by atoms with E-state index in [4.69, 9.17) is 10.5 Å². The fraction of sp³-hybridized carbons (Fsp3) is 0.750. The Balaban J connectivity index is 2.12. The highest BCUT2D eigenvalue weighted by atomic mass is 16.5. The van der Waals surface area contributed by atoms with Crippen molar-refractivity contribution in [1.29, 1.82) is 0 Å². The quantitative estimate of drug-likeness (QED) is 0.663. The Hall–Kier alpha value is -1.93. The number of nitrogens with two attached hydrogens (primary N) is 1. The van der Waals surface area contributed by atoms with Gasteiger partial charge < -0.3 is 10.5 Å². The number of carbonyl (C=O) groups excluding carboxylic acids is 1. The van der Waals surface area contributed by atoms with Crippen molar-refractivity contribution in [3.8, 4) is 0 Å². The molecule has 1 saturated heterocycles. The Morgan fingerprint density at radius 1 is 1.14 bits per heavy atom. The molecule has 28 heavy (non-hydrogen) atoms. The number of nitrogens with zero attached hydrogens (tertiary/aromatic N) is 3. The van der Waals surface area contributed by atoms with Crippen LogP contribution < -0.4 is 17.0 Å². The Morgan fingerprint density at radius 2 is 1.75 bits per heavy atom. The largest absolute Gasteiger partial charge is 0.384 e. The van der Waals surface area contributed by atoms with Crippen LogP contribution in [0.2, 0.25) is 0 Å². The van der Waals surface area contributed by atoms with Crippen molar-refractivity contribution < 1.29 is 9.53 Å². The lowest BCUT2D eigenvalue weighted by molar-refractivity contribution is -0.00363. The van der Waals surface area contributed by atoms with Gasteiger partial charge in [0.15, 0.2) is 5.78 Å². The summed E-state index contributed by atoms with van der Waals surface area (Å²) >= 11 is 0. The Kier molecular flexibility index (Phi) is 7.60. The van der Waals surface area contributed by atoms with Crippen LogP contribution in [0.15, 0.2) is 9.59 Å². The molecule has 8 nitrogen and oxygen atoms in total. The number of Topliss-reactive ketones (excluding diaryl/α,β-unsaturated/α-hetero) is 1. The summed E-state index contributed by atoms with van der Waals surface area (Å²) in [7, 11) is 1.38. The lowest BCUT2D eigenvalue weighted by Crippen LogP contribution is -2.45. The number of carbonyl (C=O) groups is 1. The van der Waals surface area contributed by atoms with E-state index < -0.39 is 11.2 Å². The molecule has 158 valence electrons. The molecular weight excluding hydrogens is 360 g/mol. The van der Waals surface area contributed by atoms with Gasteiger partial charge in [-0.1, -0.05) is 27.7 Å². The summed E-state index contributed by atoms with van der Waals surface area (Å²) in [5.74, 6) is 0.296. The molecule has 0 bridgehead atoms. The second-order valence-corrected chi connectivity index (χ2v) is 8.54. The number of piperidine rings is 1. The molecule has 2 N–H and O–H groups in total. The molecule has 0 spiro atoms. The summed E-state index contributed by atoms with van der Waals surface area (Å²) < 4.78 is 8.17. The SMILES string of the molecule is CC(C)COC1CCN(CC(=O)c2c(N)n(CC(C)C)c(=O)n(C)c2=O)CC1. The zero-order valence-corrected chi connectivity index (χ0v) is 17.7. The van der Waals surface area contributed by atoms with Crippen LogP contribution in [-0.2, 0) is 18.3 Å². The molecule has 0 aromatic carbocycles. The maximum atomic E-state index is 12.9. The molecular formula is C20H34N4O4. The van der Waals surface area contributed by atoms with E-state index in [-0.39, 0.29) is 35.7 Å². The third-order valence-electron chi connectivity index (χ3n) is 4.98. The number of rotatable bonds is 8. The average Bonchev–Trinajstić information content (AvgIpc) is 2.63. The van der Waals surface area contributed by atoms with E-state index in [0.717, 1.165) is 37.1 Å².